The van der Waals surface area contributed by atoms with E-state index in [1.54, 1.807) is 22.7 Å². The Balaban J connectivity index is 0.742. The van der Waals surface area contributed by atoms with Crippen molar-refractivity contribution < 1.29 is 23.6 Å². The van der Waals surface area contributed by atoms with E-state index in [1.807, 2.05) is 18.0 Å². The number of imidazole rings is 1. The summed E-state index contributed by atoms with van der Waals surface area (Å²) in [5, 5.41) is 13.6. The molecule has 6 heterocycles. The highest BCUT2D eigenvalue weighted by molar-refractivity contribution is 6.34. The number of nitrogens with zero attached hydrogens (tertiary/aromatic N) is 8. The number of piperidine rings is 1. The lowest BCUT2D eigenvalue weighted by molar-refractivity contribution is -0.120. The van der Waals surface area contributed by atoms with Gasteiger partial charge in [-0.1, -0.05) is 17.7 Å². The van der Waals surface area contributed by atoms with Crippen molar-refractivity contribution in [2.75, 3.05) is 79.4 Å². The predicted octanol–water partition coefficient (Wildman–Crippen LogP) is 5.39. The largest absolute Gasteiger partial charge is 0.385 e. The van der Waals surface area contributed by atoms with E-state index < -0.39 is 18.2 Å². The number of alkyl halides is 1. The number of carbonyl (C=O) groups is 4. The lowest BCUT2D eigenvalue weighted by atomic mass is 9.66. The molecule has 2 aromatic carbocycles. The number of piperazine rings is 1. The number of imide groups is 1. The molecule has 17 heteroatoms. The SMILES string of the molecule is CNc1cc(N2CCc3c(N4CCN(C5CCC6(CC5)CCN(C(=O)c5ccc(Cl)c(N7CCC(=O)NC7=O)c5)CC6)CC4)cccc32)nn2c(C(=O)N[C@@H]3C[C@@H]3F)cnc12. The van der Waals surface area contributed by atoms with Crippen LogP contribution in [0.4, 0.5) is 37.8 Å². The Hall–Kier alpha value is -5.48. The fourth-order valence-corrected chi connectivity index (χ4v) is 10.6. The molecule has 6 aliphatic rings. The summed E-state index contributed by atoms with van der Waals surface area (Å²) in [4.78, 5) is 66.2. The number of urea groups is 1. The summed E-state index contributed by atoms with van der Waals surface area (Å²) in [6, 6.07) is 13.1. The first-order chi connectivity index (χ1) is 29.6. The molecule has 61 heavy (non-hydrogen) atoms. The molecule has 2 aliphatic carbocycles. The zero-order valence-electron chi connectivity index (χ0n) is 34.3. The summed E-state index contributed by atoms with van der Waals surface area (Å²) in [6.45, 7) is 6.37. The average molecular weight is 852 g/mol. The van der Waals surface area contributed by atoms with Crippen LogP contribution in [0.1, 0.15) is 77.8 Å². The number of carbonyl (C=O) groups excluding carboxylic acids is 4. The molecule has 3 saturated heterocycles. The molecular formula is C44H51ClFN11O4. The van der Waals surface area contributed by atoms with Crippen LogP contribution in [0.2, 0.25) is 5.02 Å². The third kappa shape index (κ3) is 7.40. The van der Waals surface area contributed by atoms with Crippen LogP contribution in [-0.2, 0) is 11.2 Å². The number of hydrogen-bond donors (Lipinski definition) is 3. The van der Waals surface area contributed by atoms with Crippen molar-refractivity contribution in [1.82, 2.24) is 35.0 Å². The lowest BCUT2D eigenvalue weighted by Crippen LogP contribution is -2.53. The number of anilines is 5. The molecule has 10 rings (SSSR count). The number of likely N-dealkylation sites (tertiary alicyclic amines) is 1. The van der Waals surface area contributed by atoms with Crippen LogP contribution in [0.3, 0.4) is 0 Å². The number of nitrogens with one attached hydrogen (secondary N) is 3. The molecule has 1 spiro atoms. The lowest BCUT2D eigenvalue weighted by Gasteiger charge is -2.49. The normalized spacial score (nSPS) is 23.1. The number of fused-ring (bicyclic) bond motifs is 2. The highest BCUT2D eigenvalue weighted by Gasteiger charge is 2.42. The molecule has 5 amide bonds. The van der Waals surface area contributed by atoms with E-state index in [2.05, 4.69) is 53.8 Å². The van der Waals surface area contributed by atoms with Gasteiger partial charge in [-0.2, -0.15) is 0 Å². The Bertz CT molecular complexity index is 2400. The topological polar surface area (TPSA) is 151 Å². The van der Waals surface area contributed by atoms with E-state index in [9.17, 15) is 23.6 Å². The summed E-state index contributed by atoms with van der Waals surface area (Å²) in [5.41, 5.74) is 6.48. The van der Waals surface area contributed by atoms with Crippen LogP contribution in [0.5, 0.6) is 0 Å². The Morgan fingerprint density at radius 3 is 2.34 bits per heavy atom. The maximum atomic E-state index is 13.7. The fraction of sp³-hybridized carbons (Fsp3) is 0.500. The van der Waals surface area contributed by atoms with Gasteiger partial charge in [-0.3, -0.25) is 29.5 Å². The molecule has 2 aromatic heterocycles. The van der Waals surface area contributed by atoms with Crippen molar-refractivity contribution in [3.05, 3.63) is 70.5 Å². The first-order valence-corrected chi connectivity index (χ1v) is 22.1. The summed E-state index contributed by atoms with van der Waals surface area (Å²) in [5.74, 6) is -0.0357. The number of halogens is 2. The van der Waals surface area contributed by atoms with Crippen LogP contribution in [0, 0.1) is 5.41 Å². The molecule has 4 aliphatic heterocycles. The summed E-state index contributed by atoms with van der Waals surface area (Å²) in [7, 11) is 1.83. The van der Waals surface area contributed by atoms with E-state index in [4.69, 9.17) is 16.7 Å². The van der Waals surface area contributed by atoms with Crippen molar-refractivity contribution in [2.24, 2.45) is 5.41 Å². The maximum absolute atomic E-state index is 13.7. The second-order valence-corrected chi connectivity index (χ2v) is 17.9. The van der Waals surface area contributed by atoms with E-state index in [0.717, 1.165) is 63.4 Å². The molecule has 2 atom stereocenters. The summed E-state index contributed by atoms with van der Waals surface area (Å²) in [6.07, 6.45) is 8.59. The van der Waals surface area contributed by atoms with Gasteiger partial charge in [-0.25, -0.2) is 18.7 Å². The van der Waals surface area contributed by atoms with Gasteiger partial charge >= 0.3 is 6.03 Å². The van der Waals surface area contributed by atoms with Crippen LogP contribution in [0.15, 0.2) is 48.7 Å². The van der Waals surface area contributed by atoms with Crippen molar-refractivity contribution in [1.29, 1.82) is 0 Å². The fourth-order valence-electron chi connectivity index (χ4n) is 10.4. The van der Waals surface area contributed by atoms with Gasteiger partial charge in [0.05, 0.1) is 28.6 Å². The molecular weight excluding hydrogens is 801 g/mol. The Kier molecular flexibility index (Phi) is 10.2. The van der Waals surface area contributed by atoms with Crippen LogP contribution in [-0.4, -0.2) is 126 Å². The highest BCUT2D eigenvalue weighted by atomic mass is 35.5. The van der Waals surface area contributed by atoms with Crippen molar-refractivity contribution in [3.63, 3.8) is 0 Å². The standard InChI is InChI=1S/C44H51ClFN11O4/c1-47-33-25-38(51-57-37(26-48-40(33)57)41(59)49-32-24-31(32)46)55-15-9-29-34(3-2-4-35(29)55)53-21-19-52(20-22-53)28-7-11-44(12-8-28)13-17-54(18-14-44)42(60)27-5-6-30(45)36(23-27)56-16-10-39(58)50-43(56)61/h2-6,23,25-26,28,31-32,47H,7-22,24H2,1H3,(H,49,59)(H,50,58,61)/t31-,32+/m0/s1. The van der Waals surface area contributed by atoms with Gasteiger partial charge in [-0.15, -0.1) is 5.10 Å². The molecule has 0 bridgehead atoms. The van der Waals surface area contributed by atoms with Crippen molar-refractivity contribution in [3.8, 4) is 0 Å². The maximum Gasteiger partial charge on any atom is 0.328 e. The van der Waals surface area contributed by atoms with Gasteiger partial charge in [0.15, 0.2) is 17.2 Å². The third-order valence-corrected chi connectivity index (χ3v) is 14.4. The van der Waals surface area contributed by atoms with Crippen LogP contribution < -0.4 is 30.7 Å². The Morgan fingerprint density at radius 1 is 0.885 bits per heavy atom. The van der Waals surface area contributed by atoms with Crippen LogP contribution >= 0.6 is 11.6 Å². The minimum Gasteiger partial charge on any atom is -0.385 e. The summed E-state index contributed by atoms with van der Waals surface area (Å²) < 4.78 is 15.1. The second kappa shape index (κ2) is 15.8. The number of hydrogen-bond acceptors (Lipinski definition) is 10. The molecule has 2 saturated carbocycles. The van der Waals surface area contributed by atoms with Crippen molar-refractivity contribution >= 4 is 69.6 Å². The van der Waals surface area contributed by atoms with E-state index in [1.165, 1.54) is 48.0 Å². The first-order valence-electron chi connectivity index (χ1n) is 21.7. The molecule has 15 nitrogen and oxygen atoms in total. The zero-order chi connectivity index (χ0) is 42.0. The monoisotopic (exact) mass is 851 g/mol. The summed E-state index contributed by atoms with van der Waals surface area (Å²) >= 11 is 6.45. The molecule has 0 unspecified atom stereocenters. The van der Waals surface area contributed by atoms with Gasteiger partial charge in [0.1, 0.15) is 6.17 Å². The Labute approximate surface area is 358 Å². The number of benzene rings is 2. The van der Waals surface area contributed by atoms with E-state index in [-0.39, 0.29) is 41.8 Å². The van der Waals surface area contributed by atoms with Gasteiger partial charge in [0, 0.05) is 107 Å². The van der Waals surface area contributed by atoms with Crippen molar-refractivity contribution in [2.45, 2.75) is 76.0 Å². The third-order valence-electron chi connectivity index (χ3n) is 14.1. The van der Waals surface area contributed by atoms with Gasteiger partial charge < -0.3 is 25.3 Å². The number of aromatic nitrogens is 3. The predicted molar refractivity (Wildman–Crippen MR) is 231 cm³/mol. The number of rotatable bonds is 8. The number of amides is 5. The first kappa shape index (κ1) is 39.6. The smallest absolute Gasteiger partial charge is 0.328 e. The molecule has 0 radical (unpaired) electrons. The molecule has 5 fully saturated rings. The minimum atomic E-state index is -0.997. The minimum absolute atomic E-state index is 0.0528. The van der Waals surface area contributed by atoms with Gasteiger partial charge in [-0.05, 0) is 80.7 Å². The van der Waals surface area contributed by atoms with E-state index >= 15 is 0 Å². The Morgan fingerprint density at radius 2 is 1.62 bits per heavy atom. The second-order valence-electron chi connectivity index (χ2n) is 17.5. The molecule has 4 aromatic rings. The van der Waals surface area contributed by atoms with E-state index in [0.29, 0.717) is 53.3 Å². The average Bonchev–Trinajstić information content (AvgIpc) is 3.59. The highest BCUT2D eigenvalue weighted by Crippen LogP contribution is 2.46. The molecule has 320 valence electrons. The zero-order valence-corrected chi connectivity index (χ0v) is 35.1. The van der Waals surface area contributed by atoms with Gasteiger partial charge in [0.25, 0.3) is 11.8 Å². The van der Waals surface area contributed by atoms with Gasteiger partial charge in [0.2, 0.25) is 5.91 Å². The molecule has 3 N–H and O–H groups in total. The quantitative estimate of drug-likeness (QED) is 0.211. The van der Waals surface area contributed by atoms with Crippen LogP contribution in [0.25, 0.3) is 5.65 Å².